The van der Waals surface area contributed by atoms with Crippen molar-refractivity contribution in [2.45, 2.75) is 13.0 Å². The van der Waals surface area contributed by atoms with Crippen molar-refractivity contribution in [2.24, 2.45) is 0 Å². The first-order valence-corrected chi connectivity index (χ1v) is 7.89. The lowest BCUT2D eigenvalue weighted by Gasteiger charge is -2.23. The van der Waals surface area contributed by atoms with E-state index >= 15 is 0 Å². The molecule has 2 aromatic rings. The maximum Gasteiger partial charge on any atom is 0.356 e. The molecule has 0 fully saturated rings. The van der Waals surface area contributed by atoms with Crippen LogP contribution in [0.2, 0.25) is 0 Å². The van der Waals surface area contributed by atoms with Gasteiger partial charge in [-0.3, -0.25) is 14.3 Å². The summed E-state index contributed by atoms with van der Waals surface area (Å²) >= 11 is 0. The van der Waals surface area contributed by atoms with E-state index in [9.17, 15) is 14.4 Å². The van der Waals surface area contributed by atoms with Gasteiger partial charge in [0.15, 0.2) is 5.69 Å². The second-order valence-corrected chi connectivity index (χ2v) is 5.81. The Morgan fingerprint density at radius 2 is 1.96 bits per heavy atom. The number of carbonyl (C=O) groups excluding carboxylic acids is 2. The van der Waals surface area contributed by atoms with Crippen molar-refractivity contribution >= 4 is 23.5 Å². The van der Waals surface area contributed by atoms with Gasteiger partial charge in [-0.25, -0.2) is 4.79 Å². The summed E-state index contributed by atoms with van der Waals surface area (Å²) in [6.07, 6.45) is 0.599. The van der Waals surface area contributed by atoms with Gasteiger partial charge < -0.3 is 14.9 Å². The molecule has 2 heterocycles. The van der Waals surface area contributed by atoms with Crippen molar-refractivity contribution < 1.29 is 19.5 Å². The summed E-state index contributed by atoms with van der Waals surface area (Å²) in [7, 11) is 1.66. The molecule has 1 aromatic heterocycles. The van der Waals surface area contributed by atoms with Crippen LogP contribution in [0.15, 0.2) is 36.4 Å². The molecule has 2 amide bonds. The minimum Gasteiger partial charge on any atom is -0.476 e. The third-order valence-electron chi connectivity index (χ3n) is 4.15. The van der Waals surface area contributed by atoms with Gasteiger partial charge in [0.2, 0.25) is 5.91 Å². The number of aryl methyl sites for hydroxylation is 1. The number of carboxylic acid groups (broad SMARTS) is 1. The van der Waals surface area contributed by atoms with Gasteiger partial charge in [0.25, 0.3) is 5.91 Å². The van der Waals surface area contributed by atoms with E-state index in [1.54, 1.807) is 7.05 Å². The van der Waals surface area contributed by atoms with Crippen LogP contribution in [0.5, 0.6) is 0 Å². The molecule has 0 unspecified atom stereocenters. The lowest BCUT2D eigenvalue weighted by Crippen LogP contribution is -2.41. The van der Waals surface area contributed by atoms with Crippen molar-refractivity contribution in [1.29, 1.82) is 0 Å². The molecule has 25 heavy (non-hydrogen) atoms. The number of nitrogens with zero attached hydrogens (tertiary/aromatic N) is 4. The zero-order valence-corrected chi connectivity index (χ0v) is 13.8. The van der Waals surface area contributed by atoms with Crippen LogP contribution in [0.3, 0.4) is 0 Å². The normalized spacial score (nSPS) is 14.0. The molecule has 8 heteroatoms. The van der Waals surface area contributed by atoms with E-state index in [0.717, 1.165) is 5.69 Å². The second kappa shape index (κ2) is 6.76. The van der Waals surface area contributed by atoms with E-state index in [0.29, 0.717) is 19.5 Å². The Balaban J connectivity index is 1.77. The molecule has 0 aliphatic carbocycles. The average molecular weight is 342 g/mol. The lowest BCUT2D eigenvalue weighted by molar-refractivity contribution is -0.119. The van der Waals surface area contributed by atoms with Crippen molar-refractivity contribution in [3.8, 4) is 0 Å². The highest BCUT2D eigenvalue weighted by Crippen LogP contribution is 2.16. The lowest BCUT2D eigenvalue weighted by atomic mass is 10.2. The average Bonchev–Trinajstić information content (AvgIpc) is 2.99. The molecule has 0 spiro atoms. The molecule has 0 saturated carbocycles. The van der Waals surface area contributed by atoms with E-state index in [4.69, 9.17) is 5.11 Å². The first kappa shape index (κ1) is 16.7. The maximum atomic E-state index is 12.7. The van der Waals surface area contributed by atoms with Gasteiger partial charge in [-0.1, -0.05) is 18.2 Å². The minimum atomic E-state index is -1.18. The van der Waals surface area contributed by atoms with Crippen molar-refractivity contribution in [1.82, 2.24) is 14.7 Å². The fourth-order valence-electron chi connectivity index (χ4n) is 2.75. The molecule has 1 N–H and O–H groups in total. The van der Waals surface area contributed by atoms with Crippen LogP contribution in [0.4, 0.5) is 5.69 Å². The molecule has 1 aliphatic heterocycles. The van der Waals surface area contributed by atoms with Gasteiger partial charge in [-0.05, 0) is 18.6 Å². The molecule has 8 nitrogen and oxygen atoms in total. The van der Waals surface area contributed by atoms with Gasteiger partial charge in [-0.15, -0.1) is 0 Å². The number of likely N-dealkylation sites (N-methyl/N-ethyl adjacent to an activating group) is 1. The quantitative estimate of drug-likeness (QED) is 0.897. The van der Waals surface area contributed by atoms with Crippen molar-refractivity contribution in [3.63, 3.8) is 0 Å². The summed E-state index contributed by atoms with van der Waals surface area (Å²) in [4.78, 5) is 39.2. The fraction of sp³-hybridized carbons (Fsp3) is 0.294. The molecule has 0 radical (unpaired) electrons. The number of rotatable bonds is 4. The number of carboxylic acids is 1. The van der Waals surface area contributed by atoms with Crippen molar-refractivity contribution in [2.75, 3.05) is 25.0 Å². The molecular formula is C17H18N4O4. The number of aromatic nitrogens is 2. The number of benzene rings is 1. The molecule has 0 saturated heterocycles. The molecule has 1 aromatic carbocycles. The topological polar surface area (TPSA) is 95.7 Å². The Labute approximate surface area is 144 Å². The Morgan fingerprint density at radius 1 is 1.24 bits per heavy atom. The van der Waals surface area contributed by atoms with Crippen LogP contribution in [0.1, 0.15) is 27.4 Å². The second-order valence-electron chi connectivity index (χ2n) is 5.81. The smallest absolute Gasteiger partial charge is 0.356 e. The minimum absolute atomic E-state index is 0.0716. The van der Waals surface area contributed by atoms with Crippen LogP contribution in [0, 0.1) is 0 Å². The molecule has 0 atom stereocenters. The standard InChI is InChI=1S/C17H18N4O4/c1-19(12-6-3-2-4-7-12)15(22)11-20-8-5-9-21-14(16(20)23)10-13(18-21)17(24)25/h2-4,6-7,10H,5,8-9,11H2,1H3,(H,24,25). The Kier molecular flexibility index (Phi) is 4.51. The maximum absolute atomic E-state index is 12.7. The summed E-state index contributed by atoms with van der Waals surface area (Å²) in [5.74, 6) is -1.78. The molecule has 130 valence electrons. The largest absolute Gasteiger partial charge is 0.476 e. The van der Waals surface area contributed by atoms with Gasteiger partial charge >= 0.3 is 5.97 Å². The zero-order valence-electron chi connectivity index (χ0n) is 13.8. The third-order valence-corrected chi connectivity index (χ3v) is 4.15. The van der Waals surface area contributed by atoms with E-state index in [-0.39, 0.29) is 29.7 Å². The highest BCUT2D eigenvalue weighted by atomic mass is 16.4. The van der Waals surface area contributed by atoms with E-state index in [1.165, 1.54) is 20.5 Å². The number of aromatic carboxylic acids is 1. The van der Waals surface area contributed by atoms with E-state index < -0.39 is 5.97 Å². The Hall–Kier alpha value is -3.16. The molecular weight excluding hydrogens is 324 g/mol. The number of carbonyl (C=O) groups is 3. The Morgan fingerprint density at radius 3 is 2.64 bits per heavy atom. The van der Waals surface area contributed by atoms with Crippen LogP contribution >= 0.6 is 0 Å². The van der Waals surface area contributed by atoms with E-state index in [2.05, 4.69) is 5.10 Å². The number of hydrogen-bond acceptors (Lipinski definition) is 4. The van der Waals surface area contributed by atoms with Gasteiger partial charge in [0.05, 0.1) is 0 Å². The van der Waals surface area contributed by atoms with Crippen LogP contribution in [0.25, 0.3) is 0 Å². The zero-order chi connectivity index (χ0) is 18.0. The van der Waals surface area contributed by atoms with Crippen LogP contribution in [-0.4, -0.2) is 57.7 Å². The highest BCUT2D eigenvalue weighted by molar-refractivity contribution is 6.00. The number of amides is 2. The summed E-state index contributed by atoms with van der Waals surface area (Å²) < 4.78 is 1.40. The predicted molar refractivity (Wildman–Crippen MR) is 89.6 cm³/mol. The SMILES string of the molecule is CN(C(=O)CN1CCCn2nc(C(=O)O)cc2C1=O)c1ccccc1. The van der Waals surface area contributed by atoms with Crippen molar-refractivity contribution in [3.05, 3.63) is 47.8 Å². The summed E-state index contributed by atoms with van der Waals surface area (Å²) in [6.45, 7) is 0.782. The van der Waals surface area contributed by atoms with Crippen LogP contribution < -0.4 is 4.90 Å². The monoisotopic (exact) mass is 342 g/mol. The molecule has 1 aliphatic rings. The van der Waals surface area contributed by atoms with Gasteiger partial charge in [-0.2, -0.15) is 5.10 Å². The predicted octanol–water partition coefficient (Wildman–Crippen LogP) is 1.09. The highest BCUT2D eigenvalue weighted by Gasteiger charge is 2.28. The summed E-state index contributed by atoms with van der Waals surface area (Å²) in [5, 5.41) is 13.0. The van der Waals surface area contributed by atoms with Crippen LogP contribution in [-0.2, 0) is 11.3 Å². The fourth-order valence-corrected chi connectivity index (χ4v) is 2.75. The number of anilines is 1. The van der Waals surface area contributed by atoms with E-state index in [1.807, 2.05) is 30.3 Å². The number of hydrogen-bond donors (Lipinski definition) is 1. The first-order valence-electron chi connectivity index (χ1n) is 7.89. The van der Waals surface area contributed by atoms with Gasteiger partial charge in [0, 0.05) is 31.9 Å². The van der Waals surface area contributed by atoms with Gasteiger partial charge in [0.1, 0.15) is 12.2 Å². The first-order chi connectivity index (χ1) is 12.0. The molecule has 0 bridgehead atoms. The summed E-state index contributed by atoms with van der Waals surface area (Å²) in [5.41, 5.74) is 0.774. The number of fused-ring (bicyclic) bond motifs is 1. The summed E-state index contributed by atoms with van der Waals surface area (Å²) in [6, 6.07) is 10.4. The Bertz CT molecular complexity index is 815. The number of para-hydroxylation sites is 1. The third kappa shape index (κ3) is 3.37. The molecule has 3 rings (SSSR count).